The maximum atomic E-state index is 13.1. The lowest BCUT2D eigenvalue weighted by Crippen LogP contribution is -2.42. The predicted molar refractivity (Wildman–Crippen MR) is 131 cm³/mol. The molecule has 3 amide bonds. The number of amides is 3. The van der Waals surface area contributed by atoms with Crippen LogP contribution in [0.2, 0.25) is 5.02 Å². The van der Waals surface area contributed by atoms with Gasteiger partial charge >= 0.3 is 0 Å². The molecule has 0 saturated heterocycles. The van der Waals surface area contributed by atoms with Gasteiger partial charge in [-0.1, -0.05) is 48.5 Å². The molecule has 2 aromatic rings. The second-order valence-electron chi connectivity index (χ2n) is 8.53. The summed E-state index contributed by atoms with van der Waals surface area (Å²) in [5, 5.41) is 6.38. The second kappa shape index (κ2) is 9.57. The van der Waals surface area contributed by atoms with Crippen LogP contribution in [0.1, 0.15) is 53.6 Å². The van der Waals surface area contributed by atoms with Gasteiger partial charge in [-0.3, -0.25) is 19.3 Å². The van der Waals surface area contributed by atoms with Gasteiger partial charge in [-0.25, -0.2) is 0 Å². The van der Waals surface area contributed by atoms with E-state index >= 15 is 0 Å². The Bertz CT molecular complexity index is 1170. The van der Waals surface area contributed by atoms with E-state index in [0.29, 0.717) is 22.0 Å². The van der Waals surface area contributed by atoms with Crippen molar-refractivity contribution in [1.29, 1.82) is 0 Å². The van der Waals surface area contributed by atoms with E-state index in [-0.39, 0.29) is 22.7 Å². The summed E-state index contributed by atoms with van der Waals surface area (Å²) in [4.78, 5) is 40.0. The number of halogens is 2. The van der Waals surface area contributed by atoms with Crippen LogP contribution in [0.4, 0.5) is 11.4 Å². The van der Waals surface area contributed by atoms with E-state index in [2.05, 4.69) is 10.6 Å². The van der Waals surface area contributed by atoms with Gasteiger partial charge in [0, 0.05) is 28.0 Å². The molecule has 33 heavy (non-hydrogen) atoms. The molecule has 2 N–H and O–H groups in total. The van der Waals surface area contributed by atoms with Crippen molar-refractivity contribution < 1.29 is 14.4 Å². The van der Waals surface area contributed by atoms with Crippen molar-refractivity contribution >= 4 is 52.3 Å². The third-order valence-electron chi connectivity index (χ3n) is 6.19. The summed E-state index contributed by atoms with van der Waals surface area (Å²) in [5.41, 5.74) is 3.30. The van der Waals surface area contributed by atoms with E-state index in [1.807, 2.05) is 13.8 Å². The van der Waals surface area contributed by atoms with Crippen molar-refractivity contribution in [2.45, 2.75) is 52.0 Å². The molecule has 2 aliphatic rings. The normalized spacial score (nSPS) is 17.0. The molecule has 6 nitrogen and oxygen atoms in total. The van der Waals surface area contributed by atoms with E-state index in [9.17, 15) is 14.4 Å². The lowest BCUT2D eigenvalue weighted by Gasteiger charge is -2.29. The van der Waals surface area contributed by atoms with Crippen LogP contribution in [0.15, 0.2) is 47.1 Å². The molecular weight excluding hydrogens is 461 g/mol. The van der Waals surface area contributed by atoms with Crippen LogP contribution in [-0.2, 0) is 9.59 Å². The lowest BCUT2D eigenvalue weighted by molar-refractivity contribution is -0.140. The van der Waals surface area contributed by atoms with Crippen LogP contribution < -0.4 is 10.6 Å². The largest absolute Gasteiger partial charge is 0.349 e. The van der Waals surface area contributed by atoms with E-state index in [4.69, 9.17) is 23.2 Å². The number of hydrogen-bond acceptors (Lipinski definition) is 4. The van der Waals surface area contributed by atoms with E-state index in [0.717, 1.165) is 43.2 Å². The molecule has 1 aliphatic heterocycles. The van der Waals surface area contributed by atoms with Gasteiger partial charge in [-0.2, -0.15) is 0 Å². The summed E-state index contributed by atoms with van der Waals surface area (Å²) in [5.74, 6) is -1.18. The van der Waals surface area contributed by atoms with Crippen LogP contribution in [-0.4, -0.2) is 28.7 Å². The third kappa shape index (κ3) is 4.77. The Morgan fingerprint density at radius 2 is 1.64 bits per heavy atom. The maximum absolute atomic E-state index is 13.1. The number of carbonyl (C=O) groups excluding carboxylic acids is 3. The van der Waals surface area contributed by atoms with E-state index in [1.165, 1.54) is 4.90 Å². The molecule has 0 unspecified atom stereocenters. The Labute approximate surface area is 202 Å². The van der Waals surface area contributed by atoms with Crippen molar-refractivity contribution in [3.05, 3.63) is 68.8 Å². The quantitative estimate of drug-likeness (QED) is 0.526. The molecule has 172 valence electrons. The Balaban J connectivity index is 1.55. The van der Waals surface area contributed by atoms with Gasteiger partial charge in [0.2, 0.25) is 0 Å². The SMILES string of the molecule is Cc1cc(Cl)ccc1NC(=O)c1ccc(C)c(NC2=C(Cl)C(=O)N(C3CCCCC3)C2=O)c1. The zero-order valence-electron chi connectivity index (χ0n) is 18.5. The minimum atomic E-state index is -0.458. The molecule has 1 heterocycles. The molecule has 1 saturated carbocycles. The van der Waals surface area contributed by atoms with Crippen molar-refractivity contribution in [3.63, 3.8) is 0 Å². The van der Waals surface area contributed by atoms with Crippen molar-refractivity contribution in [2.75, 3.05) is 10.6 Å². The first-order chi connectivity index (χ1) is 15.8. The highest BCUT2D eigenvalue weighted by Crippen LogP contribution is 2.33. The number of carbonyl (C=O) groups is 3. The summed E-state index contributed by atoms with van der Waals surface area (Å²) in [6.07, 6.45) is 4.70. The average Bonchev–Trinajstić information content (AvgIpc) is 3.00. The van der Waals surface area contributed by atoms with Gasteiger partial charge in [0.15, 0.2) is 0 Å². The highest BCUT2D eigenvalue weighted by atomic mass is 35.5. The van der Waals surface area contributed by atoms with Crippen LogP contribution in [0.5, 0.6) is 0 Å². The maximum Gasteiger partial charge on any atom is 0.279 e. The molecule has 8 heteroatoms. The summed E-state index contributed by atoms with van der Waals surface area (Å²) in [7, 11) is 0. The number of rotatable bonds is 5. The van der Waals surface area contributed by atoms with Crippen molar-refractivity contribution in [1.82, 2.24) is 4.90 Å². The smallest absolute Gasteiger partial charge is 0.279 e. The average molecular weight is 486 g/mol. The molecule has 1 fully saturated rings. The van der Waals surface area contributed by atoms with E-state index < -0.39 is 11.8 Å². The summed E-state index contributed by atoms with van der Waals surface area (Å²) >= 11 is 12.3. The van der Waals surface area contributed by atoms with Crippen molar-refractivity contribution in [2.24, 2.45) is 0 Å². The zero-order chi connectivity index (χ0) is 23.7. The highest BCUT2D eigenvalue weighted by molar-refractivity contribution is 6.48. The fourth-order valence-corrected chi connectivity index (χ4v) is 4.74. The Morgan fingerprint density at radius 1 is 0.909 bits per heavy atom. The van der Waals surface area contributed by atoms with Crippen LogP contribution in [0, 0.1) is 13.8 Å². The molecule has 0 radical (unpaired) electrons. The minimum Gasteiger partial charge on any atom is -0.349 e. The number of hydrogen-bond donors (Lipinski definition) is 2. The number of benzene rings is 2. The fourth-order valence-electron chi connectivity index (χ4n) is 4.29. The Hall–Kier alpha value is -2.83. The summed E-state index contributed by atoms with van der Waals surface area (Å²) in [6, 6.07) is 10.2. The minimum absolute atomic E-state index is 0.0569. The first kappa shape index (κ1) is 23.3. The fraction of sp³-hybridized carbons (Fsp3) is 0.320. The van der Waals surface area contributed by atoms with Gasteiger partial charge in [0.05, 0.1) is 0 Å². The molecular formula is C25H25Cl2N3O3. The second-order valence-corrected chi connectivity index (χ2v) is 9.34. The third-order valence-corrected chi connectivity index (χ3v) is 6.78. The van der Waals surface area contributed by atoms with Gasteiger partial charge in [-0.05, 0) is 68.1 Å². The first-order valence-electron chi connectivity index (χ1n) is 11.0. The van der Waals surface area contributed by atoms with Crippen LogP contribution in [0.3, 0.4) is 0 Å². The number of anilines is 2. The lowest BCUT2D eigenvalue weighted by atomic mass is 9.94. The van der Waals surface area contributed by atoms with Gasteiger partial charge in [0.1, 0.15) is 10.7 Å². The van der Waals surface area contributed by atoms with Gasteiger partial charge in [0.25, 0.3) is 17.7 Å². The molecule has 0 bridgehead atoms. The number of nitrogens with zero attached hydrogens (tertiary/aromatic N) is 1. The Morgan fingerprint density at radius 3 is 2.33 bits per heavy atom. The monoisotopic (exact) mass is 485 g/mol. The summed E-state index contributed by atoms with van der Waals surface area (Å²) in [6.45, 7) is 3.71. The standard InChI is InChI=1S/C25H25Cl2N3O3/c1-14-8-9-16(23(31)29-19-11-10-17(26)12-15(19)2)13-20(14)28-22-21(27)24(32)30(25(22)33)18-6-4-3-5-7-18/h8-13,18,28H,3-7H2,1-2H3,(H,29,31). The van der Waals surface area contributed by atoms with E-state index in [1.54, 1.807) is 36.4 Å². The number of nitrogens with one attached hydrogen (secondary N) is 2. The molecule has 2 aromatic carbocycles. The Kier molecular flexibility index (Phi) is 6.77. The molecule has 0 aromatic heterocycles. The molecule has 1 aliphatic carbocycles. The summed E-state index contributed by atoms with van der Waals surface area (Å²) < 4.78 is 0. The van der Waals surface area contributed by atoms with Crippen LogP contribution >= 0.6 is 23.2 Å². The number of aryl methyl sites for hydroxylation is 2. The predicted octanol–water partition coefficient (Wildman–Crippen LogP) is 5.77. The van der Waals surface area contributed by atoms with Gasteiger partial charge < -0.3 is 10.6 Å². The number of imide groups is 1. The highest BCUT2D eigenvalue weighted by Gasteiger charge is 2.42. The molecule has 0 spiro atoms. The van der Waals surface area contributed by atoms with Crippen LogP contribution in [0.25, 0.3) is 0 Å². The van der Waals surface area contributed by atoms with Crippen molar-refractivity contribution in [3.8, 4) is 0 Å². The zero-order valence-corrected chi connectivity index (χ0v) is 20.0. The topological polar surface area (TPSA) is 78.5 Å². The molecule has 4 rings (SSSR count). The molecule has 0 atom stereocenters. The first-order valence-corrected chi connectivity index (χ1v) is 11.7. The van der Waals surface area contributed by atoms with Gasteiger partial charge in [-0.15, -0.1) is 0 Å².